The zero-order chi connectivity index (χ0) is 28.8. The highest BCUT2D eigenvalue weighted by molar-refractivity contribution is 6.62. The van der Waals surface area contributed by atoms with Crippen LogP contribution in [-0.4, -0.2) is 36.6 Å². The molecule has 3 aromatic carbocycles. The summed E-state index contributed by atoms with van der Waals surface area (Å²) in [6.45, 7) is 16.6. The third kappa shape index (κ3) is 5.91. The van der Waals surface area contributed by atoms with E-state index >= 15 is 0 Å². The Morgan fingerprint density at radius 3 is 0.800 bits per heavy atom. The quantitative estimate of drug-likeness (QED) is 0.263. The molecule has 0 N–H and O–H groups in total. The first kappa shape index (κ1) is 28.6. The summed E-state index contributed by atoms with van der Waals surface area (Å²) in [6.07, 6.45) is 8.51. The van der Waals surface area contributed by atoms with Gasteiger partial charge in [0.25, 0.3) is 0 Å². The fourth-order valence-corrected chi connectivity index (χ4v) is 4.59. The van der Waals surface area contributed by atoms with Gasteiger partial charge in [-0.3, -0.25) is 0 Å². The van der Waals surface area contributed by atoms with Crippen LogP contribution in [0.2, 0.25) is 0 Å². The van der Waals surface area contributed by atoms with Gasteiger partial charge >= 0.3 is 14.2 Å². The molecule has 0 aliphatic carbocycles. The average Bonchev–Trinajstić information content (AvgIpc) is 3.27. The third-order valence-corrected chi connectivity index (χ3v) is 8.80. The number of hydrogen-bond donors (Lipinski definition) is 0. The highest BCUT2D eigenvalue weighted by Gasteiger charge is 2.52. The Labute approximate surface area is 240 Å². The van der Waals surface area contributed by atoms with Gasteiger partial charge in [-0.15, -0.1) is 0 Å². The van der Waals surface area contributed by atoms with Gasteiger partial charge in [0, 0.05) is 0 Å². The monoisotopic (exact) mass is 534 g/mol. The van der Waals surface area contributed by atoms with Crippen LogP contribution in [0, 0.1) is 0 Å². The zero-order valence-electron chi connectivity index (χ0n) is 25.0. The summed E-state index contributed by atoms with van der Waals surface area (Å²) >= 11 is 0. The van der Waals surface area contributed by atoms with E-state index in [0.29, 0.717) is 0 Å². The topological polar surface area (TPSA) is 36.9 Å². The maximum absolute atomic E-state index is 6.16. The van der Waals surface area contributed by atoms with E-state index in [2.05, 4.69) is 152 Å². The Kier molecular flexibility index (Phi) is 7.52. The molecule has 0 unspecified atom stereocenters. The molecule has 0 radical (unpaired) electrons. The lowest BCUT2D eigenvalue weighted by Gasteiger charge is -2.32. The minimum absolute atomic E-state index is 0.336. The van der Waals surface area contributed by atoms with Crippen LogP contribution in [0.4, 0.5) is 0 Å². The third-order valence-electron chi connectivity index (χ3n) is 8.80. The summed E-state index contributed by atoms with van der Waals surface area (Å²) in [5, 5.41) is 0. The predicted molar refractivity (Wildman–Crippen MR) is 169 cm³/mol. The van der Waals surface area contributed by atoms with Crippen molar-refractivity contribution >= 4 is 49.5 Å². The molecular formula is C34H40B2O4. The van der Waals surface area contributed by atoms with Crippen molar-refractivity contribution in [3.8, 4) is 0 Å². The van der Waals surface area contributed by atoms with Crippen LogP contribution < -0.4 is 10.9 Å². The molecule has 3 aromatic rings. The van der Waals surface area contributed by atoms with E-state index in [0.717, 1.165) is 33.2 Å². The minimum atomic E-state index is -0.336. The molecule has 206 valence electrons. The van der Waals surface area contributed by atoms with Crippen molar-refractivity contribution in [3.63, 3.8) is 0 Å². The predicted octanol–water partition coefficient (Wildman–Crippen LogP) is 6.63. The van der Waals surface area contributed by atoms with E-state index < -0.39 is 0 Å². The minimum Gasteiger partial charge on any atom is -0.399 e. The van der Waals surface area contributed by atoms with Gasteiger partial charge in [0.15, 0.2) is 0 Å². The van der Waals surface area contributed by atoms with E-state index in [1.165, 1.54) is 0 Å². The highest BCUT2D eigenvalue weighted by Crippen LogP contribution is 2.37. The zero-order valence-corrected chi connectivity index (χ0v) is 25.0. The van der Waals surface area contributed by atoms with Crippen LogP contribution in [0.15, 0.2) is 72.8 Å². The average molecular weight is 534 g/mol. The van der Waals surface area contributed by atoms with Crippen molar-refractivity contribution in [2.75, 3.05) is 0 Å². The van der Waals surface area contributed by atoms with Gasteiger partial charge in [-0.2, -0.15) is 0 Å². The smallest absolute Gasteiger partial charge is 0.399 e. The molecule has 2 aliphatic heterocycles. The number of benzene rings is 3. The lowest BCUT2D eigenvalue weighted by atomic mass is 9.79. The first-order valence-electron chi connectivity index (χ1n) is 14.1. The Morgan fingerprint density at radius 1 is 0.375 bits per heavy atom. The summed E-state index contributed by atoms with van der Waals surface area (Å²) in [4.78, 5) is 0. The van der Waals surface area contributed by atoms with Crippen LogP contribution >= 0.6 is 0 Å². The van der Waals surface area contributed by atoms with Gasteiger partial charge in [-0.1, -0.05) is 97.1 Å². The van der Waals surface area contributed by atoms with E-state index in [4.69, 9.17) is 18.6 Å². The van der Waals surface area contributed by atoms with Gasteiger partial charge in [0.1, 0.15) is 0 Å². The molecular weight excluding hydrogens is 494 g/mol. The second-order valence-corrected chi connectivity index (χ2v) is 12.8. The van der Waals surface area contributed by atoms with Crippen molar-refractivity contribution in [1.82, 2.24) is 0 Å². The van der Waals surface area contributed by atoms with Gasteiger partial charge < -0.3 is 18.6 Å². The highest BCUT2D eigenvalue weighted by atomic mass is 16.7. The van der Waals surface area contributed by atoms with Crippen molar-refractivity contribution in [3.05, 3.63) is 95.1 Å². The second-order valence-electron chi connectivity index (χ2n) is 12.8. The Hall–Kier alpha value is -2.89. The van der Waals surface area contributed by atoms with Crippen molar-refractivity contribution in [2.24, 2.45) is 0 Å². The SMILES string of the molecule is CC1(C)OB(c2ccc(C=Cc3ccc(C=Cc4ccc(B5OC(C)(C)C(C)(C)O5)cc4)cc3)cc2)OC1(C)C. The molecule has 0 saturated carbocycles. The lowest BCUT2D eigenvalue weighted by Crippen LogP contribution is -2.41. The molecule has 2 saturated heterocycles. The molecule has 40 heavy (non-hydrogen) atoms. The molecule has 6 heteroatoms. The Morgan fingerprint density at radius 2 is 0.575 bits per heavy atom. The molecule has 2 fully saturated rings. The first-order valence-corrected chi connectivity index (χ1v) is 14.1. The number of rotatable bonds is 6. The fourth-order valence-electron chi connectivity index (χ4n) is 4.59. The molecule has 0 spiro atoms. The van der Waals surface area contributed by atoms with Crippen molar-refractivity contribution in [1.29, 1.82) is 0 Å². The van der Waals surface area contributed by atoms with E-state index in [9.17, 15) is 0 Å². The lowest BCUT2D eigenvalue weighted by molar-refractivity contribution is 0.00578. The summed E-state index contributed by atoms with van der Waals surface area (Å²) < 4.78 is 24.6. The summed E-state index contributed by atoms with van der Waals surface area (Å²) in [5.41, 5.74) is 5.30. The van der Waals surface area contributed by atoms with E-state index in [1.54, 1.807) is 0 Å². The van der Waals surface area contributed by atoms with Crippen LogP contribution in [0.1, 0.15) is 77.6 Å². The van der Waals surface area contributed by atoms with E-state index in [1.807, 2.05) is 0 Å². The summed E-state index contributed by atoms with van der Waals surface area (Å²) in [5.74, 6) is 0. The molecule has 4 nitrogen and oxygen atoms in total. The van der Waals surface area contributed by atoms with Crippen LogP contribution in [-0.2, 0) is 18.6 Å². The van der Waals surface area contributed by atoms with Crippen molar-refractivity contribution < 1.29 is 18.6 Å². The summed E-state index contributed by atoms with van der Waals surface area (Å²) in [7, 11) is -0.673. The maximum Gasteiger partial charge on any atom is 0.494 e. The van der Waals surface area contributed by atoms with Crippen molar-refractivity contribution in [2.45, 2.75) is 77.8 Å². The standard InChI is InChI=1S/C34H40B2O4/c1-31(2)32(3,4)38-35(37-31)29-21-17-27(18-22-29)15-13-25-9-11-26(12-10-25)14-16-28-19-23-30(24-20-28)36-39-33(5,6)34(7,8)40-36/h9-24H,1-8H3. The van der Waals surface area contributed by atoms with Crippen LogP contribution in [0.5, 0.6) is 0 Å². The molecule has 0 atom stereocenters. The van der Waals surface area contributed by atoms with Crippen LogP contribution in [0.3, 0.4) is 0 Å². The Balaban J connectivity index is 1.16. The molecule has 2 aliphatic rings. The normalized spacial score (nSPS) is 21.1. The molecule has 0 amide bonds. The van der Waals surface area contributed by atoms with Crippen LogP contribution in [0.25, 0.3) is 24.3 Å². The largest absolute Gasteiger partial charge is 0.494 e. The molecule has 0 aromatic heterocycles. The molecule has 2 heterocycles. The van der Waals surface area contributed by atoms with E-state index in [-0.39, 0.29) is 36.6 Å². The van der Waals surface area contributed by atoms with Gasteiger partial charge in [-0.05, 0) is 88.6 Å². The number of hydrogen-bond acceptors (Lipinski definition) is 4. The van der Waals surface area contributed by atoms with Gasteiger partial charge in [0.05, 0.1) is 22.4 Å². The molecule has 5 rings (SSSR count). The fraction of sp³-hybridized carbons (Fsp3) is 0.353. The summed E-state index contributed by atoms with van der Waals surface area (Å²) in [6, 6.07) is 25.3. The van der Waals surface area contributed by atoms with Gasteiger partial charge in [0.2, 0.25) is 0 Å². The first-order chi connectivity index (χ1) is 18.7. The molecule has 0 bridgehead atoms. The van der Waals surface area contributed by atoms with Gasteiger partial charge in [-0.25, -0.2) is 0 Å². The Bertz CT molecular complexity index is 1240. The maximum atomic E-state index is 6.16. The second kappa shape index (κ2) is 10.5.